The SMILES string of the molecule is C[Si]1(C)c2ccccc2-c2ccc([N+](=O)[O-])cc21. The molecule has 2 aromatic carbocycles. The van der Waals surface area contributed by atoms with Crippen molar-refractivity contribution in [3.05, 3.63) is 52.6 Å². The molecule has 0 N–H and O–H groups in total. The Balaban J connectivity index is 2.31. The minimum Gasteiger partial charge on any atom is -0.258 e. The maximum atomic E-state index is 10.9. The standard InChI is InChI=1S/C14H13NO2Si/c1-18(2)13-6-4-3-5-11(13)12-8-7-10(15(16)17)9-14(12)18/h3-9H,1-2H3. The van der Waals surface area contributed by atoms with Gasteiger partial charge in [-0.3, -0.25) is 10.1 Å². The maximum absolute atomic E-state index is 10.9. The fourth-order valence-electron chi connectivity index (χ4n) is 2.81. The Kier molecular flexibility index (Phi) is 2.19. The molecule has 2 aromatic rings. The average Bonchev–Trinajstić information content (AvgIpc) is 2.59. The van der Waals surface area contributed by atoms with Crippen molar-refractivity contribution in [2.24, 2.45) is 0 Å². The van der Waals surface area contributed by atoms with Gasteiger partial charge in [0.05, 0.1) is 4.92 Å². The Labute approximate surface area is 106 Å². The molecule has 0 spiro atoms. The molecule has 3 rings (SSSR count). The highest BCUT2D eigenvalue weighted by Crippen LogP contribution is 2.29. The lowest BCUT2D eigenvalue weighted by Gasteiger charge is -2.18. The summed E-state index contributed by atoms with van der Waals surface area (Å²) in [5.74, 6) is 0. The largest absolute Gasteiger partial charge is 0.269 e. The van der Waals surface area contributed by atoms with Gasteiger partial charge in [-0.25, -0.2) is 0 Å². The number of hydrogen-bond acceptors (Lipinski definition) is 2. The van der Waals surface area contributed by atoms with Crippen LogP contribution in [0.15, 0.2) is 42.5 Å². The van der Waals surface area contributed by atoms with Crippen LogP contribution in [-0.4, -0.2) is 13.0 Å². The molecule has 0 unspecified atom stereocenters. The summed E-state index contributed by atoms with van der Waals surface area (Å²) in [5.41, 5.74) is 2.62. The lowest BCUT2D eigenvalue weighted by Crippen LogP contribution is -2.49. The zero-order valence-electron chi connectivity index (χ0n) is 10.3. The second-order valence-electron chi connectivity index (χ2n) is 5.16. The normalized spacial score (nSPS) is 15.0. The second kappa shape index (κ2) is 3.52. The molecule has 0 saturated heterocycles. The van der Waals surface area contributed by atoms with Crippen molar-refractivity contribution in [1.82, 2.24) is 0 Å². The van der Waals surface area contributed by atoms with Gasteiger partial charge in [-0.2, -0.15) is 0 Å². The topological polar surface area (TPSA) is 43.1 Å². The molecule has 1 aliphatic heterocycles. The van der Waals surface area contributed by atoms with E-state index in [1.165, 1.54) is 21.5 Å². The number of hydrogen-bond donors (Lipinski definition) is 0. The maximum Gasteiger partial charge on any atom is 0.269 e. The fourth-order valence-corrected chi connectivity index (χ4v) is 5.90. The van der Waals surface area contributed by atoms with Crippen molar-refractivity contribution in [2.45, 2.75) is 13.1 Å². The van der Waals surface area contributed by atoms with E-state index < -0.39 is 8.07 Å². The van der Waals surface area contributed by atoms with Crippen molar-refractivity contribution in [3.8, 4) is 11.1 Å². The first-order valence-corrected chi connectivity index (χ1v) is 8.90. The number of nitro groups is 1. The molecule has 4 heteroatoms. The summed E-state index contributed by atoms with van der Waals surface area (Å²) in [6.45, 7) is 4.50. The number of non-ortho nitro benzene ring substituents is 1. The van der Waals surface area contributed by atoms with Crippen molar-refractivity contribution < 1.29 is 4.92 Å². The van der Waals surface area contributed by atoms with Crippen LogP contribution in [0.2, 0.25) is 13.1 Å². The highest BCUT2D eigenvalue weighted by molar-refractivity contribution is 7.03. The van der Waals surface area contributed by atoms with Crippen LogP contribution < -0.4 is 10.4 Å². The highest BCUT2D eigenvalue weighted by atomic mass is 28.3. The van der Waals surface area contributed by atoms with Crippen LogP contribution in [0, 0.1) is 10.1 Å². The summed E-state index contributed by atoms with van der Waals surface area (Å²) < 4.78 is 0. The van der Waals surface area contributed by atoms with Crippen LogP contribution >= 0.6 is 0 Å². The first kappa shape index (κ1) is 11.2. The molecular formula is C14H13NO2Si. The second-order valence-corrected chi connectivity index (χ2v) is 9.48. The van der Waals surface area contributed by atoms with Crippen LogP contribution in [-0.2, 0) is 0 Å². The monoisotopic (exact) mass is 255 g/mol. The summed E-state index contributed by atoms with van der Waals surface area (Å²) in [5, 5.41) is 13.5. The van der Waals surface area contributed by atoms with Gasteiger partial charge in [0.25, 0.3) is 5.69 Å². The molecule has 0 radical (unpaired) electrons. The molecule has 0 aromatic heterocycles. The predicted molar refractivity (Wildman–Crippen MR) is 75.3 cm³/mol. The molecule has 0 bridgehead atoms. The molecular weight excluding hydrogens is 242 g/mol. The van der Waals surface area contributed by atoms with E-state index in [4.69, 9.17) is 0 Å². The van der Waals surface area contributed by atoms with E-state index in [9.17, 15) is 10.1 Å². The lowest BCUT2D eigenvalue weighted by atomic mass is 10.1. The van der Waals surface area contributed by atoms with Crippen LogP contribution in [0.4, 0.5) is 5.69 Å². The zero-order chi connectivity index (χ0) is 12.9. The van der Waals surface area contributed by atoms with Gasteiger partial charge in [-0.15, -0.1) is 0 Å². The van der Waals surface area contributed by atoms with E-state index in [1.807, 2.05) is 18.2 Å². The number of benzene rings is 2. The van der Waals surface area contributed by atoms with Gasteiger partial charge in [-0.1, -0.05) is 37.4 Å². The third kappa shape index (κ3) is 1.35. The fraction of sp³-hybridized carbons (Fsp3) is 0.143. The van der Waals surface area contributed by atoms with Gasteiger partial charge in [0, 0.05) is 12.1 Å². The predicted octanol–water partition coefficient (Wildman–Crippen LogP) is 2.40. The average molecular weight is 255 g/mol. The third-order valence-electron chi connectivity index (χ3n) is 3.78. The van der Waals surface area contributed by atoms with Crippen LogP contribution in [0.3, 0.4) is 0 Å². The molecule has 0 aliphatic carbocycles. The third-order valence-corrected chi connectivity index (χ3v) is 7.32. The first-order valence-electron chi connectivity index (χ1n) is 5.90. The van der Waals surface area contributed by atoms with Crippen molar-refractivity contribution in [2.75, 3.05) is 0 Å². The highest BCUT2D eigenvalue weighted by Gasteiger charge is 2.37. The van der Waals surface area contributed by atoms with Crippen LogP contribution in [0.5, 0.6) is 0 Å². The van der Waals surface area contributed by atoms with E-state index in [1.54, 1.807) is 12.1 Å². The molecule has 3 nitrogen and oxygen atoms in total. The quantitative estimate of drug-likeness (QED) is 0.446. The summed E-state index contributed by atoms with van der Waals surface area (Å²) in [7, 11) is -1.76. The summed E-state index contributed by atoms with van der Waals surface area (Å²) >= 11 is 0. The number of nitro benzene ring substituents is 1. The molecule has 1 heterocycles. The molecule has 18 heavy (non-hydrogen) atoms. The molecule has 0 atom stereocenters. The number of rotatable bonds is 1. The van der Waals surface area contributed by atoms with Gasteiger partial charge in [0.2, 0.25) is 0 Å². The van der Waals surface area contributed by atoms with Crippen molar-refractivity contribution in [1.29, 1.82) is 0 Å². The van der Waals surface area contributed by atoms with Crippen LogP contribution in [0.25, 0.3) is 11.1 Å². The van der Waals surface area contributed by atoms with E-state index in [-0.39, 0.29) is 10.6 Å². The van der Waals surface area contributed by atoms with Crippen LogP contribution in [0.1, 0.15) is 0 Å². The zero-order valence-corrected chi connectivity index (χ0v) is 11.3. The number of fused-ring (bicyclic) bond motifs is 3. The van der Waals surface area contributed by atoms with Gasteiger partial charge >= 0.3 is 0 Å². The Hall–Kier alpha value is -1.94. The molecule has 0 amide bonds. The van der Waals surface area contributed by atoms with E-state index in [2.05, 4.69) is 25.2 Å². The van der Waals surface area contributed by atoms with E-state index in [0.717, 1.165) is 0 Å². The lowest BCUT2D eigenvalue weighted by molar-refractivity contribution is -0.384. The molecule has 90 valence electrons. The Morgan fingerprint density at radius 2 is 1.67 bits per heavy atom. The van der Waals surface area contributed by atoms with Gasteiger partial charge < -0.3 is 0 Å². The molecule has 1 aliphatic rings. The minimum atomic E-state index is -1.76. The summed E-state index contributed by atoms with van der Waals surface area (Å²) in [6.07, 6.45) is 0. The van der Waals surface area contributed by atoms with E-state index >= 15 is 0 Å². The molecule has 0 fully saturated rings. The van der Waals surface area contributed by atoms with Gasteiger partial charge in [-0.05, 0) is 27.6 Å². The smallest absolute Gasteiger partial charge is 0.258 e. The van der Waals surface area contributed by atoms with Crippen molar-refractivity contribution >= 4 is 24.1 Å². The van der Waals surface area contributed by atoms with E-state index in [0.29, 0.717) is 0 Å². The van der Waals surface area contributed by atoms with Gasteiger partial charge in [0.15, 0.2) is 0 Å². The Morgan fingerprint density at radius 1 is 1.00 bits per heavy atom. The Morgan fingerprint density at radius 3 is 2.39 bits per heavy atom. The van der Waals surface area contributed by atoms with Crippen molar-refractivity contribution in [3.63, 3.8) is 0 Å². The van der Waals surface area contributed by atoms with Gasteiger partial charge in [0.1, 0.15) is 8.07 Å². The Bertz CT molecular complexity index is 665. The summed E-state index contributed by atoms with van der Waals surface area (Å²) in [6, 6.07) is 13.6. The minimum absolute atomic E-state index is 0.196. The summed E-state index contributed by atoms with van der Waals surface area (Å²) in [4.78, 5) is 10.6. The number of nitrogens with zero attached hydrogens (tertiary/aromatic N) is 1. The first-order chi connectivity index (χ1) is 8.51. The molecule has 0 saturated carbocycles.